The van der Waals surface area contributed by atoms with E-state index in [-0.39, 0.29) is 32.5 Å². The first-order valence-electron chi connectivity index (χ1n) is 9.60. The van der Waals surface area contributed by atoms with Crippen LogP contribution < -0.4 is 0 Å². The van der Waals surface area contributed by atoms with Crippen LogP contribution >= 0.6 is 11.8 Å². The van der Waals surface area contributed by atoms with Crippen LogP contribution in [0.15, 0.2) is 54.4 Å². The molecule has 3 heterocycles. The Morgan fingerprint density at radius 1 is 1.29 bits per heavy atom. The molecule has 12 heteroatoms. The van der Waals surface area contributed by atoms with Crippen LogP contribution in [0.1, 0.15) is 25.5 Å². The zero-order chi connectivity index (χ0) is 22.2. The largest absolute Gasteiger partial charge is 0.469 e. The first-order chi connectivity index (χ1) is 14.8. The summed E-state index contributed by atoms with van der Waals surface area (Å²) in [4.78, 5) is 11.2. The summed E-state index contributed by atoms with van der Waals surface area (Å²) < 4.78 is 38.2. The third kappa shape index (κ3) is 4.36. The van der Waals surface area contributed by atoms with Gasteiger partial charge in [-0.15, -0.1) is 10.2 Å². The van der Waals surface area contributed by atoms with Gasteiger partial charge in [-0.05, 0) is 55.6 Å². The third-order valence-corrected chi connectivity index (χ3v) is 7.84. The second kappa shape index (κ2) is 8.44. The molecule has 1 aromatic carbocycles. The van der Waals surface area contributed by atoms with Crippen molar-refractivity contribution in [3.63, 3.8) is 0 Å². The fourth-order valence-corrected chi connectivity index (χ4v) is 5.84. The number of sulfonamides is 1. The predicted octanol–water partition coefficient (Wildman–Crippen LogP) is 4.12. The van der Waals surface area contributed by atoms with E-state index in [1.807, 2.05) is 6.92 Å². The molecule has 1 aliphatic heterocycles. The molecule has 0 saturated carbocycles. The molecule has 1 saturated heterocycles. The van der Waals surface area contributed by atoms with Gasteiger partial charge in [0.15, 0.2) is 0 Å². The molecule has 1 fully saturated rings. The maximum atomic E-state index is 13.0. The predicted molar refractivity (Wildman–Crippen MR) is 111 cm³/mol. The van der Waals surface area contributed by atoms with Crippen LogP contribution in [-0.4, -0.2) is 40.9 Å². The van der Waals surface area contributed by atoms with Crippen LogP contribution in [-0.2, 0) is 10.0 Å². The number of aromatic nitrogens is 2. The van der Waals surface area contributed by atoms with Gasteiger partial charge in [0.05, 0.1) is 26.5 Å². The Bertz CT molecular complexity index is 1220. The summed E-state index contributed by atoms with van der Waals surface area (Å²) in [7, 11) is -3.81. The summed E-state index contributed by atoms with van der Waals surface area (Å²) in [5, 5.41) is 19.6. The van der Waals surface area contributed by atoms with Crippen LogP contribution in [0.25, 0.3) is 11.5 Å². The molecule has 1 aliphatic rings. The zero-order valence-electron chi connectivity index (χ0n) is 16.8. The number of nitro groups is 1. The fraction of sp³-hybridized carbons (Fsp3) is 0.368. The highest BCUT2D eigenvalue weighted by Crippen LogP contribution is 2.37. The number of piperidine rings is 1. The number of benzene rings is 1. The van der Waals surface area contributed by atoms with Crippen molar-refractivity contribution < 1.29 is 22.2 Å². The lowest BCUT2D eigenvalue weighted by Crippen LogP contribution is -2.39. The lowest BCUT2D eigenvalue weighted by atomic mass is 10.0. The molecule has 31 heavy (non-hydrogen) atoms. The van der Waals surface area contributed by atoms with E-state index in [1.165, 1.54) is 22.7 Å². The van der Waals surface area contributed by atoms with Gasteiger partial charge in [-0.25, -0.2) is 8.42 Å². The molecule has 0 aliphatic carbocycles. The minimum absolute atomic E-state index is 0.0964. The first-order valence-corrected chi connectivity index (χ1v) is 11.9. The smallest absolute Gasteiger partial charge is 0.284 e. The Labute approximate surface area is 182 Å². The lowest BCUT2D eigenvalue weighted by molar-refractivity contribution is -0.388. The number of furan rings is 1. The molecule has 1 atom stereocenters. The summed E-state index contributed by atoms with van der Waals surface area (Å²) in [6, 6.07) is 5.55. The van der Waals surface area contributed by atoms with Gasteiger partial charge in [-0.1, -0.05) is 6.92 Å². The van der Waals surface area contributed by atoms with Gasteiger partial charge in [-0.3, -0.25) is 10.1 Å². The quantitative estimate of drug-likeness (QED) is 0.390. The number of hydrogen-bond donors (Lipinski definition) is 0. The van der Waals surface area contributed by atoms with E-state index in [1.54, 1.807) is 13.0 Å². The molecule has 0 spiro atoms. The average molecular weight is 465 g/mol. The highest BCUT2D eigenvalue weighted by atomic mass is 32.2. The van der Waals surface area contributed by atoms with Crippen molar-refractivity contribution in [1.82, 2.24) is 14.5 Å². The number of rotatable bonds is 6. The molecular formula is C19H20N4O6S2. The maximum absolute atomic E-state index is 13.0. The van der Waals surface area contributed by atoms with Gasteiger partial charge >= 0.3 is 0 Å². The van der Waals surface area contributed by atoms with E-state index >= 15 is 0 Å². The molecule has 1 unspecified atom stereocenters. The van der Waals surface area contributed by atoms with Gasteiger partial charge in [-0.2, -0.15) is 4.31 Å². The molecule has 4 rings (SSSR count). The molecule has 164 valence electrons. The van der Waals surface area contributed by atoms with Crippen molar-refractivity contribution in [2.24, 2.45) is 5.92 Å². The van der Waals surface area contributed by atoms with Gasteiger partial charge < -0.3 is 8.83 Å². The summed E-state index contributed by atoms with van der Waals surface area (Å²) in [6.45, 7) is 4.56. The Balaban J connectivity index is 1.62. The monoisotopic (exact) mass is 464 g/mol. The molecule has 0 amide bonds. The van der Waals surface area contributed by atoms with Gasteiger partial charge in [0.2, 0.25) is 10.0 Å². The normalized spacial score (nSPS) is 17.7. The zero-order valence-corrected chi connectivity index (χ0v) is 18.5. The third-order valence-electron chi connectivity index (χ3n) is 5.08. The highest BCUT2D eigenvalue weighted by Gasteiger charge is 2.31. The maximum Gasteiger partial charge on any atom is 0.284 e. The van der Waals surface area contributed by atoms with E-state index in [4.69, 9.17) is 8.83 Å². The van der Waals surface area contributed by atoms with Crippen LogP contribution in [0.2, 0.25) is 0 Å². The summed E-state index contributed by atoms with van der Waals surface area (Å²) >= 11 is 0.901. The second-order valence-electron chi connectivity index (χ2n) is 7.36. The van der Waals surface area contributed by atoms with Crippen molar-refractivity contribution >= 4 is 27.5 Å². The summed E-state index contributed by atoms with van der Waals surface area (Å²) in [5.41, 5.74) is 0.293. The number of nitrogens with zero attached hydrogens (tertiary/aromatic N) is 4. The van der Waals surface area contributed by atoms with E-state index < -0.39 is 14.9 Å². The number of hydrogen-bond acceptors (Lipinski definition) is 9. The van der Waals surface area contributed by atoms with E-state index in [0.717, 1.165) is 30.7 Å². The van der Waals surface area contributed by atoms with Crippen molar-refractivity contribution in [2.75, 3.05) is 13.1 Å². The van der Waals surface area contributed by atoms with Gasteiger partial charge in [0.1, 0.15) is 5.76 Å². The number of aryl methyl sites for hydroxylation is 1. The van der Waals surface area contributed by atoms with Crippen LogP contribution in [0, 0.1) is 23.0 Å². The van der Waals surface area contributed by atoms with Gasteiger partial charge in [0.25, 0.3) is 16.8 Å². The van der Waals surface area contributed by atoms with Crippen molar-refractivity contribution in [3.8, 4) is 11.5 Å². The first kappa shape index (κ1) is 21.5. The lowest BCUT2D eigenvalue weighted by Gasteiger charge is -2.30. The molecule has 0 bridgehead atoms. The Kier molecular flexibility index (Phi) is 5.86. The molecule has 10 nitrogen and oxygen atoms in total. The second-order valence-corrected chi connectivity index (χ2v) is 10.3. The Hall–Kier alpha value is -2.70. The minimum Gasteiger partial charge on any atom is -0.469 e. The standard InChI is InChI=1S/C19H20N4O6S2/c1-12-4-3-8-22(11-12)31(26,27)14-5-6-17(16(10-14)23(24)25)30-19-21-20-18(29-19)15-7-9-28-13(15)2/h5-7,9-10,12H,3-4,8,11H2,1-2H3. The van der Waals surface area contributed by atoms with E-state index in [9.17, 15) is 18.5 Å². The highest BCUT2D eigenvalue weighted by molar-refractivity contribution is 7.99. The van der Waals surface area contributed by atoms with E-state index in [2.05, 4.69) is 10.2 Å². The Morgan fingerprint density at radius 2 is 2.10 bits per heavy atom. The Morgan fingerprint density at radius 3 is 2.77 bits per heavy atom. The molecular weight excluding hydrogens is 444 g/mol. The number of nitro benzene ring substituents is 1. The van der Waals surface area contributed by atoms with Crippen LogP contribution in [0.3, 0.4) is 0 Å². The average Bonchev–Trinajstić information content (AvgIpc) is 3.36. The topological polar surface area (TPSA) is 133 Å². The summed E-state index contributed by atoms with van der Waals surface area (Å²) in [5.74, 6) is 1.08. The van der Waals surface area contributed by atoms with Crippen molar-refractivity contribution in [2.45, 2.75) is 41.7 Å². The SMILES string of the molecule is Cc1occc1-c1nnc(Sc2ccc(S(=O)(=O)N3CCCC(C)C3)cc2[N+](=O)[O-])o1. The molecule has 2 aromatic heterocycles. The van der Waals surface area contributed by atoms with Crippen LogP contribution in [0.4, 0.5) is 5.69 Å². The van der Waals surface area contributed by atoms with E-state index in [0.29, 0.717) is 24.4 Å². The van der Waals surface area contributed by atoms with Gasteiger partial charge in [0, 0.05) is 19.2 Å². The minimum atomic E-state index is -3.81. The molecule has 0 radical (unpaired) electrons. The summed E-state index contributed by atoms with van der Waals surface area (Å²) in [6.07, 6.45) is 3.23. The fourth-order valence-electron chi connectivity index (χ4n) is 3.46. The van der Waals surface area contributed by atoms with Crippen molar-refractivity contribution in [1.29, 1.82) is 0 Å². The van der Waals surface area contributed by atoms with Crippen molar-refractivity contribution in [3.05, 3.63) is 46.4 Å². The van der Waals surface area contributed by atoms with Crippen LogP contribution in [0.5, 0.6) is 0 Å². The molecule has 0 N–H and O–H groups in total. The molecule has 3 aromatic rings.